The molecule has 19 heteroatoms. The van der Waals surface area contributed by atoms with Crippen LogP contribution in [0.4, 0.5) is 0 Å². The van der Waals surface area contributed by atoms with E-state index in [1.54, 1.807) is 20.8 Å². The number of nitrogens with zero attached hydrogens (tertiary/aromatic N) is 2. The SMILES string of the molecule is CC(C)C[C@H](NC(=O)[C@H](CO)NC(=O)[C@@H](C)CCCN=C(N)N)C(=O)N[C@@H](CCCN=C(N)N)C(=O)N[C@@H](CC(N)=O)C(N)=O. The van der Waals surface area contributed by atoms with E-state index in [2.05, 4.69) is 31.3 Å². The molecule has 0 aromatic heterocycles. The molecule has 0 saturated carbocycles. The molecule has 5 atom stereocenters. The van der Waals surface area contributed by atoms with Crippen molar-refractivity contribution in [2.24, 2.45) is 56.2 Å². The molecule has 0 fully saturated rings. The number of carbonyl (C=O) groups excluding carboxylic acids is 6. The summed E-state index contributed by atoms with van der Waals surface area (Å²) in [4.78, 5) is 82.9. The standard InChI is InChI=1S/C26H50N12O7/c1-13(2)10-17(37-24(45)18(12-39)38-21(42)14(3)6-4-8-33-25(29)30)23(44)35-15(7-5-9-34-26(31)32)22(43)36-16(20(28)41)11-19(27)40/h13-18,39H,4-12H2,1-3H3,(H2,27,40)(H2,28,41)(H,35,44)(H,36,43)(H,37,45)(H,38,42)(H4,29,30,33)(H4,31,32,34)/t14-,15-,16-,17-,18-/m0/s1. The van der Waals surface area contributed by atoms with E-state index in [0.29, 0.717) is 19.4 Å². The highest BCUT2D eigenvalue weighted by Gasteiger charge is 2.32. The summed E-state index contributed by atoms with van der Waals surface area (Å²) in [5, 5.41) is 19.7. The highest BCUT2D eigenvalue weighted by molar-refractivity contribution is 5.96. The molecule has 0 bridgehead atoms. The number of hydrogen-bond acceptors (Lipinski definition) is 9. The number of carbonyl (C=O) groups is 6. The van der Waals surface area contributed by atoms with Crippen molar-refractivity contribution < 1.29 is 33.9 Å². The molecule has 19 nitrogen and oxygen atoms in total. The summed E-state index contributed by atoms with van der Waals surface area (Å²) in [7, 11) is 0. The summed E-state index contributed by atoms with van der Waals surface area (Å²) in [6.07, 6.45) is 0.683. The third-order valence-corrected chi connectivity index (χ3v) is 6.34. The number of guanidine groups is 2. The maximum atomic E-state index is 13.4. The summed E-state index contributed by atoms with van der Waals surface area (Å²) in [6, 6.07) is -5.25. The molecular weight excluding hydrogens is 592 g/mol. The van der Waals surface area contributed by atoms with Crippen LogP contribution in [0.3, 0.4) is 0 Å². The van der Waals surface area contributed by atoms with Gasteiger partial charge < -0.3 is 60.8 Å². The third-order valence-electron chi connectivity index (χ3n) is 6.34. The molecule has 0 saturated heterocycles. The number of aliphatic hydroxyl groups is 1. The van der Waals surface area contributed by atoms with Crippen LogP contribution in [-0.2, 0) is 28.8 Å². The highest BCUT2D eigenvalue weighted by atomic mass is 16.3. The zero-order chi connectivity index (χ0) is 34.7. The minimum absolute atomic E-state index is 0.00481. The highest BCUT2D eigenvalue weighted by Crippen LogP contribution is 2.09. The van der Waals surface area contributed by atoms with Gasteiger partial charge in [0.15, 0.2) is 11.9 Å². The van der Waals surface area contributed by atoms with Crippen LogP contribution in [0.1, 0.15) is 59.3 Å². The van der Waals surface area contributed by atoms with E-state index in [1.807, 2.05) is 0 Å². The Morgan fingerprint density at radius 1 is 0.622 bits per heavy atom. The molecule has 0 rings (SSSR count). The minimum atomic E-state index is -1.43. The Labute approximate surface area is 262 Å². The Morgan fingerprint density at radius 3 is 1.53 bits per heavy atom. The van der Waals surface area contributed by atoms with Crippen molar-refractivity contribution in [3.05, 3.63) is 0 Å². The van der Waals surface area contributed by atoms with E-state index >= 15 is 0 Å². The van der Waals surface area contributed by atoms with E-state index in [0.717, 1.165) is 0 Å². The molecule has 0 aliphatic carbocycles. The lowest BCUT2D eigenvalue weighted by Gasteiger charge is -2.27. The quantitative estimate of drug-likeness (QED) is 0.0302. The van der Waals surface area contributed by atoms with Crippen LogP contribution >= 0.6 is 0 Å². The summed E-state index contributed by atoms with van der Waals surface area (Å²) < 4.78 is 0. The molecule has 0 spiro atoms. The number of hydrogen-bond donors (Lipinski definition) is 11. The number of nitrogens with one attached hydrogen (secondary N) is 4. The largest absolute Gasteiger partial charge is 0.394 e. The van der Waals surface area contributed by atoms with Crippen molar-refractivity contribution >= 4 is 47.4 Å². The number of rotatable bonds is 22. The second-order valence-corrected chi connectivity index (χ2v) is 10.9. The second kappa shape index (κ2) is 21.1. The molecule has 0 aliphatic heterocycles. The zero-order valence-electron chi connectivity index (χ0n) is 26.1. The summed E-state index contributed by atoms with van der Waals surface area (Å²) in [5.41, 5.74) is 31.7. The Morgan fingerprint density at radius 2 is 1.07 bits per heavy atom. The normalized spacial score (nSPS) is 14.1. The van der Waals surface area contributed by atoms with Crippen LogP contribution in [0.2, 0.25) is 0 Å². The van der Waals surface area contributed by atoms with Crippen molar-refractivity contribution in [1.29, 1.82) is 0 Å². The van der Waals surface area contributed by atoms with Crippen LogP contribution in [0.5, 0.6) is 0 Å². The van der Waals surface area contributed by atoms with Gasteiger partial charge in [-0.15, -0.1) is 0 Å². The maximum absolute atomic E-state index is 13.4. The first kappa shape index (κ1) is 40.3. The van der Waals surface area contributed by atoms with Crippen molar-refractivity contribution in [3.8, 4) is 0 Å². The lowest BCUT2D eigenvalue weighted by Crippen LogP contribution is -2.59. The van der Waals surface area contributed by atoms with Crippen molar-refractivity contribution in [3.63, 3.8) is 0 Å². The first-order valence-electron chi connectivity index (χ1n) is 14.5. The van der Waals surface area contributed by atoms with Gasteiger partial charge in [0, 0.05) is 19.0 Å². The average Bonchev–Trinajstić information content (AvgIpc) is 2.93. The predicted molar refractivity (Wildman–Crippen MR) is 166 cm³/mol. The summed E-state index contributed by atoms with van der Waals surface area (Å²) in [5.74, 6) is -5.75. The Kier molecular flexibility index (Phi) is 18.9. The fourth-order valence-corrected chi connectivity index (χ4v) is 3.96. The lowest BCUT2D eigenvalue weighted by molar-refractivity contribution is -0.135. The van der Waals surface area contributed by atoms with E-state index in [4.69, 9.17) is 34.4 Å². The minimum Gasteiger partial charge on any atom is -0.394 e. The zero-order valence-corrected chi connectivity index (χ0v) is 26.1. The number of aliphatic imine (C=N–C) groups is 2. The van der Waals surface area contributed by atoms with Gasteiger partial charge in [-0.05, 0) is 38.0 Å². The van der Waals surface area contributed by atoms with Gasteiger partial charge in [-0.3, -0.25) is 38.8 Å². The molecule has 17 N–H and O–H groups in total. The molecule has 0 radical (unpaired) electrons. The molecular formula is C26H50N12O7. The van der Waals surface area contributed by atoms with Gasteiger partial charge >= 0.3 is 0 Å². The molecule has 256 valence electrons. The Balaban J connectivity index is 5.73. The fraction of sp³-hybridized carbons (Fsp3) is 0.692. The first-order chi connectivity index (χ1) is 21.0. The van der Waals surface area contributed by atoms with E-state index in [1.165, 1.54) is 0 Å². The molecule has 45 heavy (non-hydrogen) atoms. The fourth-order valence-electron chi connectivity index (χ4n) is 3.96. The predicted octanol–water partition coefficient (Wildman–Crippen LogP) is -4.93. The van der Waals surface area contributed by atoms with E-state index in [9.17, 15) is 33.9 Å². The van der Waals surface area contributed by atoms with E-state index < -0.39 is 78.6 Å². The van der Waals surface area contributed by atoms with Gasteiger partial charge in [-0.1, -0.05) is 20.8 Å². The molecule has 6 amide bonds. The number of aliphatic hydroxyl groups excluding tert-OH is 1. The van der Waals surface area contributed by atoms with Gasteiger partial charge in [-0.25, -0.2) is 0 Å². The summed E-state index contributed by atoms with van der Waals surface area (Å²) >= 11 is 0. The molecule has 0 heterocycles. The number of nitrogens with two attached hydrogens (primary N) is 6. The number of amides is 6. The Bertz CT molecular complexity index is 1070. The molecule has 0 unspecified atom stereocenters. The molecule has 0 aromatic carbocycles. The van der Waals surface area contributed by atoms with Gasteiger partial charge in [0.2, 0.25) is 35.4 Å². The molecule has 0 aliphatic rings. The van der Waals surface area contributed by atoms with Crippen LogP contribution in [0.25, 0.3) is 0 Å². The van der Waals surface area contributed by atoms with Crippen LogP contribution < -0.4 is 55.7 Å². The van der Waals surface area contributed by atoms with Crippen molar-refractivity contribution in [2.45, 2.75) is 83.5 Å². The lowest BCUT2D eigenvalue weighted by atomic mass is 10.0. The maximum Gasteiger partial charge on any atom is 0.245 e. The van der Waals surface area contributed by atoms with Gasteiger partial charge in [0.05, 0.1) is 13.0 Å². The van der Waals surface area contributed by atoms with Crippen LogP contribution in [-0.4, -0.2) is 96.3 Å². The van der Waals surface area contributed by atoms with Gasteiger partial charge in [-0.2, -0.15) is 0 Å². The topological polar surface area (TPSA) is 352 Å². The Hall–Kier alpha value is -4.68. The van der Waals surface area contributed by atoms with Gasteiger partial charge in [0.25, 0.3) is 0 Å². The van der Waals surface area contributed by atoms with E-state index in [-0.39, 0.29) is 43.6 Å². The smallest absolute Gasteiger partial charge is 0.245 e. The van der Waals surface area contributed by atoms with Crippen molar-refractivity contribution in [1.82, 2.24) is 21.3 Å². The molecule has 0 aromatic rings. The van der Waals surface area contributed by atoms with Crippen LogP contribution in [0.15, 0.2) is 9.98 Å². The average molecular weight is 643 g/mol. The second-order valence-electron chi connectivity index (χ2n) is 10.9. The summed E-state index contributed by atoms with van der Waals surface area (Å²) in [6.45, 7) is 4.90. The van der Waals surface area contributed by atoms with Crippen molar-refractivity contribution in [2.75, 3.05) is 19.7 Å². The third kappa shape index (κ3) is 17.9. The monoisotopic (exact) mass is 642 g/mol. The van der Waals surface area contributed by atoms with Gasteiger partial charge in [0.1, 0.15) is 24.2 Å². The first-order valence-corrected chi connectivity index (χ1v) is 14.5. The number of primary amides is 2. The van der Waals surface area contributed by atoms with Crippen LogP contribution in [0, 0.1) is 11.8 Å².